The van der Waals surface area contributed by atoms with Crippen molar-refractivity contribution in [3.8, 4) is 0 Å². The van der Waals surface area contributed by atoms with Crippen LogP contribution in [0.15, 0.2) is 12.3 Å². The molecule has 2 fully saturated rings. The summed E-state index contributed by atoms with van der Waals surface area (Å²) in [6.45, 7) is 1.97. The van der Waals surface area contributed by atoms with E-state index >= 15 is 0 Å². The molecule has 92 valence electrons. The minimum atomic E-state index is 0.168. The van der Waals surface area contributed by atoms with E-state index in [1.807, 2.05) is 12.3 Å². The molecule has 0 bridgehead atoms. The van der Waals surface area contributed by atoms with Crippen LogP contribution in [0.5, 0.6) is 0 Å². The fourth-order valence-corrected chi connectivity index (χ4v) is 2.24. The molecule has 0 spiro atoms. The number of nitrogens with two attached hydrogens (primary N) is 1. The molecule has 1 saturated carbocycles. The number of nitrogens with zero attached hydrogens (tertiary/aromatic N) is 2. The topological polar surface area (TPSA) is 75.9 Å². The van der Waals surface area contributed by atoms with Crippen molar-refractivity contribution in [1.82, 2.24) is 15.3 Å². The Bertz CT molecular complexity index is 390. The second-order valence-corrected chi connectivity index (χ2v) is 5.01. The lowest BCUT2D eigenvalue weighted by molar-refractivity contribution is 0.556. The van der Waals surface area contributed by atoms with Crippen molar-refractivity contribution in [2.75, 3.05) is 18.4 Å². The molecule has 1 aromatic rings. The predicted octanol–water partition coefficient (Wildman–Crippen LogP) is 0.660. The zero-order valence-corrected chi connectivity index (χ0v) is 9.89. The fraction of sp³-hybridized carbons (Fsp3) is 0.667. The molecule has 5 heteroatoms. The Morgan fingerprint density at radius 3 is 3.00 bits per heavy atom. The SMILES string of the molecule is N[C@@H]1CCNC1c1ccnc(NCC2CC2)n1. The van der Waals surface area contributed by atoms with Crippen LogP contribution in [0.2, 0.25) is 0 Å². The molecule has 5 nitrogen and oxygen atoms in total. The zero-order valence-electron chi connectivity index (χ0n) is 9.89. The molecule has 1 aliphatic heterocycles. The molecule has 1 aliphatic carbocycles. The van der Waals surface area contributed by atoms with Crippen molar-refractivity contribution in [3.63, 3.8) is 0 Å². The summed E-state index contributed by atoms with van der Waals surface area (Å²) < 4.78 is 0. The van der Waals surface area contributed by atoms with Gasteiger partial charge in [-0.1, -0.05) is 0 Å². The van der Waals surface area contributed by atoms with Crippen LogP contribution in [-0.2, 0) is 0 Å². The van der Waals surface area contributed by atoms with Gasteiger partial charge in [0, 0.05) is 18.8 Å². The van der Waals surface area contributed by atoms with E-state index in [4.69, 9.17) is 5.73 Å². The fourth-order valence-electron chi connectivity index (χ4n) is 2.24. The van der Waals surface area contributed by atoms with Gasteiger partial charge < -0.3 is 16.4 Å². The summed E-state index contributed by atoms with van der Waals surface area (Å²) in [7, 11) is 0. The first-order valence-corrected chi connectivity index (χ1v) is 6.39. The minimum absolute atomic E-state index is 0.168. The number of hydrogen-bond acceptors (Lipinski definition) is 5. The maximum atomic E-state index is 6.05. The third kappa shape index (κ3) is 2.56. The molecule has 17 heavy (non-hydrogen) atoms. The summed E-state index contributed by atoms with van der Waals surface area (Å²) in [5.41, 5.74) is 7.05. The number of aromatic nitrogens is 2. The van der Waals surface area contributed by atoms with E-state index in [-0.39, 0.29) is 12.1 Å². The first-order valence-electron chi connectivity index (χ1n) is 6.39. The highest BCUT2D eigenvalue weighted by Gasteiger charge is 2.26. The van der Waals surface area contributed by atoms with Gasteiger partial charge in [0.05, 0.1) is 11.7 Å². The molecule has 1 unspecified atom stereocenters. The molecule has 0 aromatic carbocycles. The van der Waals surface area contributed by atoms with Gasteiger partial charge in [-0.3, -0.25) is 0 Å². The Hall–Kier alpha value is -1.20. The van der Waals surface area contributed by atoms with E-state index in [0.717, 1.165) is 37.1 Å². The van der Waals surface area contributed by atoms with Crippen LogP contribution in [0.3, 0.4) is 0 Å². The lowest BCUT2D eigenvalue weighted by atomic mass is 10.1. The van der Waals surface area contributed by atoms with Crippen molar-refractivity contribution in [2.45, 2.75) is 31.3 Å². The molecule has 3 rings (SSSR count). The Kier molecular flexibility index (Phi) is 2.94. The van der Waals surface area contributed by atoms with Crippen LogP contribution in [-0.4, -0.2) is 29.1 Å². The Morgan fingerprint density at radius 1 is 1.41 bits per heavy atom. The summed E-state index contributed by atoms with van der Waals surface area (Å²) in [4.78, 5) is 8.78. The maximum absolute atomic E-state index is 6.05. The lowest BCUT2D eigenvalue weighted by Gasteiger charge is -2.15. The molecule has 2 heterocycles. The number of rotatable bonds is 4. The Labute approximate surface area is 101 Å². The highest BCUT2D eigenvalue weighted by Crippen LogP contribution is 2.28. The van der Waals surface area contributed by atoms with Crippen molar-refractivity contribution in [2.24, 2.45) is 11.7 Å². The molecule has 1 aromatic heterocycles. The third-order valence-electron chi connectivity index (χ3n) is 3.51. The number of anilines is 1. The van der Waals surface area contributed by atoms with Crippen molar-refractivity contribution in [3.05, 3.63) is 18.0 Å². The summed E-state index contributed by atoms with van der Waals surface area (Å²) in [6, 6.07) is 2.30. The van der Waals surface area contributed by atoms with Crippen LogP contribution in [0.25, 0.3) is 0 Å². The van der Waals surface area contributed by atoms with Crippen molar-refractivity contribution < 1.29 is 0 Å². The number of hydrogen-bond donors (Lipinski definition) is 3. The van der Waals surface area contributed by atoms with E-state index in [0.29, 0.717) is 0 Å². The minimum Gasteiger partial charge on any atom is -0.354 e. The van der Waals surface area contributed by atoms with Crippen molar-refractivity contribution in [1.29, 1.82) is 0 Å². The first-order chi connectivity index (χ1) is 8.33. The van der Waals surface area contributed by atoms with E-state index in [1.54, 1.807) is 0 Å². The highest BCUT2D eigenvalue weighted by atomic mass is 15.1. The van der Waals surface area contributed by atoms with Gasteiger partial charge in [-0.2, -0.15) is 0 Å². The monoisotopic (exact) mass is 233 g/mol. The molecule has 2 aliphatic rings. The van der Waals surface area contributed by atoms with Gasteiger partial charge in [-0.25, -0.2) is 9.97 Å². The van der Waals surface area contributed by atoms with Gasteiger partial charge in [0.25, 0.3) is 0 Å². The van der Waals surface area contributed by atoms with Gasteiger partial charge in [0.2, 0.25) is 5.95 Å². The summed E-state index contributed by atoms with van der Waals surface area (Å²) in [6.07, 6.45) is 5.49. The second-order valence-electron chi connectivity index (χ2n) is 5.01. The molecular formula is C12H19N5. The van der Waals surface area contributed by atoms with Crippen LogP contribution in [0.4, 0.5) is 5.95 Å². The molecule has 0 amide bonds. The Morgan fingerprint density at radius 2 is 2.29 bits per heavy atom. The van der Waals surface area contributed by atoms with Gasteiger partial charge in [0.1, 0.15) is 0 Å². The van der Waals surface area contributed by atoms with Crippen LogP contribution in [0, 0.1) is 5.92 Å². The van der Waals surface area contributed by atoms with E-state index in [1.165, 1.54) is 12.8 Å². The van der Waals surface area contributed by atoms with Gasteiger partial charge in [-0.15, -0.1) is 0 Å². The average Bonchev–Trinajstić information content (AvgIpc) is 3.08. The average molecular weight is 233 g/mol. The molecular weight excluding hydrogens is 214 g/mol. The first kappa shape index (κ1) is 10.9. The largest absolute Gasteiger partial charge is 0.354 e. The van der Waals surface area contributed by atoms with E-state index in [9.17, 15) is 0 Å². The quantitative estimate of drug-likeness (QED) is 0.712. The van der Waals surface area contributed by atoms with Gasteiger partial charge >= 0.3 is 0 Å². The maximum Gasteiger partial charge on any atom is 0.222 e. The molecule has 2 atom stereocenters. The van der Waals surface area contributed by atoms with E-state index < -0.39 is 0 Å². The molecule has 0 radical (unpaired) electrons. The second kappa shape index (κ2) is 4.58. The van der Waals surface area contributed by atoms with Gasteiger partial charge in [-0.05, 0) is 37.8 Å². The molecule has 1 saturated heterocycles. The van der Waals surface area contributed by atoms with Crippen LogP contribution < -0.4 is 16.4 Å². The third-order valence-corrected chi connectivity index (χ3v) is 3.51. The molecule has 4 N–H and O–H groups in total. The summed E-state index contributed by atoms with van der Waals surface area (Å²) >= 11 is 0. The predicted molar refractivity (Wildman–Crippen MR) is 66.6 cm³/mol. The number of nitrogens with one attached hydrogen (secondary N) is 2. The smallest absolute Gasteiger partial charge is 0.222 e. The normalized spacial score (nSPS) is 28.3. The van der Waals surface area contributed by atoms with E-state index in [2.05, 4.69) is 20.6 Å². The van der Waals surface area contributed by atoms with Crippen molar-refractivity contribution >= 4 is 5.95 Å². The standard InChI is InChI=1S/C12H19N5/c13-9-3-5-14-11(9)10-4-6-15-12(17-10)16-7-8-1-2-8/h4,6,8-9,11,14H,1-3,5,7,13H2,(H,15,16,17)/t9-,11?/m1/s1. The van der Waals surface area contributed by atoms with Crippen LogP contribution in [0.1, 0.15) is 31.0 Å². The summed E-state index contributed by atoms with van der Waals surface area (Å²) in [5, 5.41) is 6.68. The van der Waals surface area contributed by atoms with Gasteiger partial charge in [0.15, 0.2) is 0 Å². The Balaban J connectivity index is 1.68. The summed E-state index contributed by atoms with van der Waals surface area (Å²) in [5.74, 6) is 1.56. The van der Waals surface area contributed by atoms with Crippen LogP contribution >= 0.6 is 0 Å². The lowest BCUT2D eigenvalue weighted by Crippen LogP contribution is -2.29. The zero-order chi connectivity index (χ0) is 11.7. The highest BCUT2D eigenvalue weighted by molar-refractivity contribution is 5.27.